The lowest BCUT2D eigenvalue weighted by Crippen LogP contribution is -1.89. The Morgan fingerprint density at radius 1 is 1.00 bits per heavy atom. The Bertz CT molecular complexity index is 1220. The summed E-state index contributed by atoms with van der Waals surface area (Å²) >= 11 is 0. The Labute approximate surface area is 142 Å². The SMILES string of the molecule is Cn1cc(-c2cnc3[nH]cc(-c4ccc5nnn(C)c5c4)c3c2)cn1. The minimum absolute atomic E-state index is 0.867. The normalized spacial score (nSPS) is 11.6. The lowest BCUT2D eigenvalue weighted by atomic mass is 10.0. The Kier molecular flexibility index (Phi) is 2.79. The molecule has 0 atom stereocenters. The third-order valence-electron chi connectivity index (χ3n) is 4.49. The van der Waals surface area contributed by atoms with Crippen LogP contribution in [0, 0.1) is 0 Å². The Morgan fingerprint density at radius 3 is 2.76 bits per heavy atom. The highest BCUT2D eigenvalue weighted by atomic mass is 15.4. The Balaban J connectivity index is 1.70. The van der Waals surface area contributed by atoms with Crippen molar-refractivity contribution in [2.24, 2.45) is 14.1 Å². The van der Waals surface area contributed by atoms with E-state index in [0.29, 0.717) is 0 Å². The number of hydrogen-bond acceptors (Lipinski definition) is 4. The highest BCUT2D eigenvalue weighted by Gasteiger charge is 2.11. The van der Waals surface area contributed by atoms with E-state index < -0.39 is 0 Å². The van der Waals surface area contributed by atoms with Crippen LogP contribution in [0.1, 0.15) is 0 Å². The van der Waals surface area contributed by atoms with Crippen molar-refractivity contribution in [3.05, 3.63) is 49.1 Å². The molecule has 0 radical (unpaired) electrons. The van der Waals surface area contributed by atoms with Gasteiger partial charge in [-0.15, -0.1) is 5.10 Å². The molecule has 0 bridgehead atoms. The number of rotatable bonds is 2. The molecule has 0 saturated carbocycles. The molecule has 0 aliphatic heterocycles. The first kappa shape index (κ1) is 13.9. The molecule has 0 fully saturated rings. The first-order chi connectivity index (χ1) is 12.2. The molecule has 1 N–H and O–H groups in total. The number of benzene rings is 1. The van der Waals surface area contributed by atoms with E-state index in [1.54, 1.807) is 9.36 Å². The minimum Gasteiger partial charge on any atom is -0.346 e. The summed E-state index contributed by atoms with van der Waals surface area (Å²) in [6.07, 6.45) is 7.70. The molecular weight excluding hydrogens is 314 g/mol. The molecule has 4 heterocycles. The van der Waals surface area contributed by atoms with Crippen LogP contribution >= 0.6 is 0 Å². The number of nitrogens with zero attached hydrogens (tertiary/aromatic N) is 6. The van der Waals surface area contributed by atoms with Crippen molar-refractivity contribution in [2.45, 2.75) is 0 Å². The van der Waals surface area contributed by atoms with Crippen LogP contribution in [0.25, 0.3) is 44.3 Å². The molecule has 4 aromatic heterocycles. The first-order valence-electron chi connectivity index (χ1n) is 7.95. The minimum atomic E-state index is 0.867. The highest BCUT2D eigenvalue weighted by Crippen LogP contribution is 2.32. The molecular formula is C18H15N7. The lowest BCUT2D eigenvalue weighted by molar-refractivity contribution is 0.736. The third-order valence-corrected chi connectivity index (χ3v) is 4.49. The van der Waals surface area contributed by atoms with E-state index in [4.69, 9.17) is 0 Å². The van der Waals surface area contributed by atoms with Gasteiger partial charge < -0.3 is 4.98 Å². The largest absolute Gasteiger partial charge is 0.346 e. The van der Waals surface area contributed by atoms with Gasteiger partial charge in [0.05, 0.1) is 11.7 Å². The van der Waals surface area contributed by atoms with Gasteiger partial charge in [-0.05, 0) is 23.8 Å². The summed E-state index contributed by atoms with van der Waals surface area (Å²) in [6.45, 7) is 0. The predicted molar refractivity (Wildman–Crippen MR) is 95.8 cm³/mol. The van der Waals surface area contributed by atoms with Gasteiger partial charge in [0.2, 0.25) is 0 Å². The molecule has 122 valence electrons. The molecule has 0 spiro atoms. The molecule has 0 unspecified atom stereocenters. The summed E-state index contributed by atoms with van der Waals surface area (Å²) in [5, 5.41) is 13.5. The second-order valence-electron chi connectivity index (χ2n) is 6.14. The van der Waals surface area contributed by atoms with Gasteiger partial charge in [-0.1, -0.05) is 11.3 Å². The van der Waals surface area contributed by atoms with Crippen LogP contribution in [0.5, 0.6) is 0 Å². The number of nitrogens with one attached hydrogen (secondary N) is 1. The fourth-order valence-electron chi connectivity index (χ4n) is 3.17. The van der Waals surface area contributed by atoms with Gasteiger partial charge in [0.1, 0.15) is 11.2 Å². The second kappa shape index (κ2) is 5.01. The number of aryl methyl sites for hydroxylation is 2. The van der Waals surface area contributed by atoms with Crippen molar-refractivity contribution in [3.63, 3.8) is 0 Å². The van der Waals surface area contributed by atoms with E-state index in [-0.39, 0.29) is 0 Å². The van der Waals surface area contributed by atoms with Crippen molar-refractivity contribution in [3.8, 4) is 22.3 Å². The van der Waals surface area contributed by atoms with Crippen LogP contribution in [0.4, 0.5) is 0 Å². The van der Waals surface area contributed by atoms with Crippen molar-refractivity contribution < 1.29 is 0 Å². The number of hydrogen-bond donors (Lipinski definition) is 1. The maximum absolute atomic E-state index is 4.56. The molecule has 0 saturated heterocycles. The summed E-state index contributed by atoms with van der Waals surface area (Å²) in [4.78, 5) is 7.82. The van der Waals surface area contributed by atoms with Crippen LogP contribution in [0.3, 0.4) is 0 Å². The fourth-order valence-corrected chi connectivity index (χ4v) is 3.17. The van der Waals surface area contributed by atoms with Crippen molar-refractivity contribution in [2.75, 3.05) is 0 Å². The highest BCUT2D eigenvalue weighted by molar-refractivity contribution is 5.97. The topological polar surface area (TPSA) is 77.2 Å². The second-order valence-corrected chi connectivity index (χ2v) is 6.14. The number of aromatic amines is 1. The summed E-state index contributed by atoms with van der Waals surface area (Å²) in [5.41, 5.74) is 7.07. The van der Waals surface area contributed by atoms with E-state index in [1.165, 1.54) is 0 Å². The molecule has 5 aromatic rings. The number of H-pyrrole nitrogens is 1. The zero-order valence-electron chi connectivity index (χ0n) is 13.8. The van der Waals surface area contributed by atoms with Gasteiger partial charge in [0, 0.05) is 54.8 Å². The zero-order chi connectivity index (χ0) is 17.0. The molecule has 7 heteroatoms. The average Bonchev–Trinajstić information content (AvgIpc) is 3.33. The van der Waals surface area contributed by atoms with Crippen LogP contribution in [0.2, 0.25) is 0 Å². The van der Waals surface area contributed by atoms with Crippen LogP contribution < -0.4 is 0 Å². The van der Waals surface area contributed by atoms with E-state index in [0.717, 1.165) is 44.3 Å². The molecule has 25 heavy (non-hydrogen) atoms. The van der Waals surface area contributed by atoms with E-state index >= 15 is 0 Å². The van der Waals surface area contributed by atoms with Gasteiger partial charge in [0.15, 0.2) is 0 Å². The van der Waals surface area contributed by atoms with Crippen molar-refractivity contribution in [1.29, 1.82) is 0 Å². The molecule has 0 aliphatic carbocycles. The molecule has 0 amide bonds. The summed E-state index contributed by atoms with van der Waals surface area (Å²) in [7, 11) is 3.81. The van der Waals surface area contributed by atoms with E-state index in [9.17, 15) is 0 Å². The lowest BCUT2D eigenvalue weighted by Gasteiger charge is -2.02. The van der Waals surface area contributed by atoms with Crippen LogP contribution in [-0.4, -0.2) is 34.7 Å². The van der Waals surface area contributed by atoms with Gasteiger partial charge in [0.25, 0.3) is 0 Å². The number of fused-ring (bicyclic) bond motifs is 2. The average molecular weight is 329 g/mol. The maximum atomic E-state index is 4.56. The van der Waals surface area contributed by atoms with Crippen LogP contribution in [-0.2, 0) is 14.1 Å². The summed E-state index contributed by atoms with van der Waals surface area (Å²) in [6, 6.07) is 8.32. The molecule has 1 aromatic carbocycles. The number of aromatic nitrogens is 7. The quantitative estimate of drug-likeness (QED) is 0.540. The molecule has 0 aliphatic rings. The van der Waals surface area contributed by atoms with Gasteiger partial charge >= 0.3 is 0 Å². The first-order valence-corrected chi connectivity index (χ1v) is 7.95. The fraction of sp³-hybridized carbons (Fsp3) is 0.111. The van der Waals surface area contributed by atoms with Crippen molar-refractivity contribution in [1.82, 2.24) is 34.7 Å². The van der Waals surface area contributed by atoms with Gasteiger partial charge in [-0.2, -0.15) is 5.10 Å². The molecule has 5 rings (SSSR count). The van der Waals surface area contributed by atoms with E-state index in [2.05, 4.69) is 43.6 Å². The third kappa shape index (κ3) is 2.13. The molecule has 7 nitrogen and oxygen atoms in total. The summed E-state index contributed by atoms with van der Waals surface area (Å²) < 4.78 is 3.58. The van der Waals surface area contributed by atoms with Gasteiger partial charge in [-0.25, -0.2) is 9.67 Å². The standard InChI is InChI=1S/C18H15N7/c1-24-10-13(8-21-24)12-5-14-15(9-20-18(14)19-7-12)11-3-4-16-17(6-11)25(2)23-22-16/h3-10H,1-2H3,(H,19,20). The van der Waals surface area contributed by atoms with Gasteiger partial charge in [-0.3, -0.25) is 4.68 Å². The van der Waals surface area contributed by atoms with Crippen molar-refractivity contribution >= 4 is 22.1 Å². The smallest absolute Gasteiger partial charge is 0.137 e. The monoisotopic (exact) mass is 329 g/mol. The zero-order valence-corrected chi connectivity index (χ0v) is 13.8. The Hall–Kier alpha value is -3.48. The Morgan fingerprint density at radius 2 is 1.92 bits per heavy atom. The maximum Gasteiger partial charge on any atom is 0.137 e. The summed E-state index contributed by atoms with van der Waals surface area (Å²) in [5.74, 6) is 0. The van der Waals surface area contributed by atoms with Crippen LogP contribution in [0.15, 0.2) is 49.1 Å². The van der Waals surface area contributed by atoms with E-state index in [1.807, 2.05) is 44.9 Å². The predicted octanol–water partition coefficient (Wildman–Crippen LogP) is 2.91. The number of pyridine rings is 1.